The second kappa shape index (κ2) is 5.77. The van der Waals surface area contributed by atoms with Gasteiger partial charge < -0.3 is 5.11 Å². The fourth-order valence-electron chi connectivity index (χ4n) is 1.84. The first-order chi connectivity index (χ1) is 8.20. The molecule has 0 aromatic heterocycles. The van der Waals surface area contributed by atoms with Gasteiger partial charge in [-0.25, -0.2) is 0 Å². The first kappa shape index (κ1) is 15.1. The van der Waals surface area contributed by atoms with Crippen molar-refractivity contribution in [1.82, 2.24) is 4.90 Å². The second-order valence-electron chi connectivity index (χ2n) is 4.99. The van der Waals surface area contributed by atoms with Crippen LogP contribution in [0.5, 0.6) is 0 Å². The molecule has 6 heteroatoms. The highest BCUT2D eigenvalue weighted by molar-refractivity contribution is 9.10. The molecule has 18 heavy (non-hydrogen) atoms. The van der Waals surface area contributed by atoms with E-state index in [2.05, 4.69) is 15.9 Å². The molecule has 0 aliphatic heterocycles. The normalized spacial score (nSPS) is 11.9. The predicted molar refractivity (Wildman–Crippen MR) is 73.4 cm³/mol. The number of benzene rings is 1. The van der Waals surface area contributed by atoms with Crippen molar-refractivity contribution in [2.75, 3.05) is 13.6 Å². The Labute approximate surface area is 115 Å². The lowest BCUT2D eigenvalue weighted by molar-refractivity contribution is -0.385. The fraction of sp³-hybridized carbons (Fsp3) is 0.500. The number of nitrogens with zero attached hydrogens (tertiary/aromatic N) is 2. The number of hydrogen-bond donors (Lipinski definition) is 1. The monoisotopic (exact) mass is 316 g/mol. The van der Waals surface area contributed by atoms with E-state index in [1.165, 1.54) is 6.07 Å². The van der Waals surface area contributed by atoms with E-state index in [-0.39, 0.29) is 5.69 Å². The van der Waals surface area contributed by atoms with Crippen molar-refractivity contribution in [3.8, 4) is 0 Å². The molecule has 0 heterocycles. The Balaban J connectivity index is 2.85. The van der Waals surface area contributed by atoms with Crippen molar-refractivity contribution in [2.24, 2.45) is 0 Å². The quantitative estimate of drug-likeness (QED) is 0.669. The van der Waals surface area contributed by atoms with Gasteiger partial charge in [-0.1, -0.05) is 12.1 Å². The average molecular weight is 317 g/mol. The summed E-state index contributed by atoms with van der Waals surface area (Å²) in [6.07, 6.45) is 0. The van der Waals surface area contributed by atoms with E-state index in [4.69, 9.17) is 0 Å². The lowest BCUT2D eigenvalue weighted by atomic mass is 10.1. The Bertz CT molecular complexity index is 443. The third-order valence-corrected chi connectivity index (χ3v) is 3.27. The van der Waals surface area contributed by atoms with Gasteiger partial charge in [-0.3, -0.25) is 15.0 Å². The largest absolute Gasteiger partial charge is 0.389 e. The Morgan fingerprint density at radius 2 is 2.11 bits per heavy atom. The van der Waals surface area contributed by atoms with Gasteiger partial charge in [0.25, 0.3) is 5.69 Å². The SMILES string of the molecule is CN(Cc1cccc([N+](=O)[O-])c1Br)CC(C)(C)O. The summed E-state index contributed by atoms with van der Waals surface area (Å²) in [6.45, 7) is 4.48. The highest BCUT2D eigenvalue weighted by Crippen LogP contribution is 2.29. The summed E-state index contributed by atoms with van der Waals surface area (Å²) in [5.74, 6) is 0. The van der Waals surface area contributed by atoms with Crippen molar-refractivity contribution >= 4 is 21.6 Å². The number of aliphatic hydroxyl groups is 1. The summed E-state index contributed by atoms with van der Waals surface area (Å²) in [5, 5.41) is 20.5. The Hall–Kier alpha value is -0.980. The summed E-state index contributed by atoms with van der Waals surface area (Å²) in [7, 11) is 1.86. The molecule has 0 unspecified atom stereocenters. The topological polar surface area (TPSA) is 66.6 Å². The molecule has 1 rings (SSSR count). The number of nitro benzene ring substituents is 1. The molecular formula is C12H17BrN2O3. The number of halogens is 1. The Kier molecular flexibility index (Phi) is 4.84. The van der Waals surface area contributed by atoms with Crippen LogP contribution in [0.3, 0.4) is 0 Å². The number of nitro groups is 1. The maximum absolute atomic E-state index is 10.8. The molecule has 1 N–H and O–H groups in total. The van der Waals surface area contributed by atoms with Gasteiger partial charge in [0.05, 0.1) is 15.0 Å². The van der Waals surface area contributed by atoms with Crippen LogP contribution >= 0.6 is 15.9 Å². The van der Waals surface area contributed by atoms with Crippen LogP contribution in [0, 0.1) is 10.1 Å². The molecule has 0 saturated heterocycles. The van der Waals surface area contributed by atoms with Crippen LogP contribution in [0.25, 0.3) is 0 Å². The van der Waals surface area contributed by atoms with Crippen LogP contribution in [-0.2, 0) is 6.54 Å². The van der Waals surface area contributed by atoms with Crippen molar-refractivity contribution in [3.05, 3.63) is 38.3 Å². The van der Waals surface area contributed by atoms with Gasteiger partial charge in [-0.2, -0.15) is 0 Å². The van der Waals surface area contributed by atoms with E-state index < -0.39 is 10.5 Å². The molecule has 0 spiro atoms. The van der Waals surface area contributed by atoms with Gasteiger partial charge in [0.15, 0.2) is 0 Å². The van der Waals surface area contributed by atoms with Crippen molar-refractivity contribution in [1.29, 1.82) is 0 Å². The minimum Gasteiger partial charge on any atom is -0.389 e. The molecule has 0 aliphatic carbocycles. The zero-order chi connectivity index (χ0) is 13.9. The van der Waals surface area contributed by atoms with Crippen LogP contribution in [0.15, 0.2) is 22.7 Å². The van der Waals surface area contributed by atoms with Gasteiger partial charge in [0.2, 0.25) is 0 Å². The lowest BCUT2D eigenvalue weighted by Gasteiger charge is -2.25. The summed E-state index contributed by atoms with van der Waals surface area (Å²) in [4.78, 5) is 12.3. The Morgan fingerprint density at radius 3 is 2.61 bits per heavy atom. The van der Waals surface area contributed by atoms with Crippen LogP contribution < -0.4 is 0 Å². The zero-order valence-corrected chi connectivity index (χ0v) is 12.3. The first-order valence-corrected chi connectivity index (χ1v) is 6.33. The second-order valence-corrected chi connectivity index (χ2v) is 5.79. The molecule has 100 valence electrons. The highest BCUT2D eigenvalue weighted by Gasteiger charge is 2.19. The molecule has 0 aliphatic rings. The highest BCUT2D eigenvalue weighted by atomic mass is 79.9. The standard InChI is InChI=1S/C12H17BrN2O3/c1-12(2,16)8-14(3)7-9-5-4-6-10(11(9)13)15(17)18/h4-6,16H,7-8H2,1-3H3. The van der Waals surface area contributed by atoms with E-state index in [0.717, 1.165) is 5.56 Å². The van der Waals surface area contributed by atoms with E-state index in [1.54, 1.807) is 19.9 Å². The summed E-state index contributed by atoms with van der Waals surface area (Å²) in [6, 6.07) is 4.96. The molecule has 0 radical (unpaired) electrons. The van der Waals surface area contributed by atoms with Gasteiger partial charge in [-0.05, 0) is 42.4 Å². The summed E-state index contributed by atoms with van der Waals surface area (Å²) < 4.78 is 0.498. The van der Waals surface area contributed by atoms with Crippen LogP contribution in [0.2, 0.25) is 0 Å². The van der Waals surface area contributed by atoms with Gasteiger partial charge in [0, 0.05) is 19.2 Å². The fourth-order valence-corrected chi connectivity index (χ4v) is 2.37. The van der Waals surface area contributed by atoms with E-state index >= 15 is 0 Å². The van der Waals surface area contributed by atoms with Crippen LogP contribution in [-0.4, -0.2) is 34.1 Å². The molecular weight excluding hydrogens is 300 g/mol. The van der Waals surface area contributed by atoms with Crippen molar-refractivity contribution < 1.29 is 10.0 Å². The predicted octanol–water partition coefficient (Wildman–Crippen LogP) is 2.56. The number of rotatable bonds is 5. The third-order valence-electron chi connectivity index (χ3n) is 2.35. The molecule has 0 atom stereocenters. The maximum atomic E-state index is 10.8. The van der Waals surface area contributed by atoms with Crippen molar-refractivity contribution in [3.63, 3.8) is 0 Å². The smallest absolute Gasteiger partial charge is 0.283 e. The summed E-state index contributed by atoms with van der Waals surface area (Å²) >= 11 is 3.26. The summed E-state index contributed by atoms with van der Waals surface area (Å²) in [5.41, 5.74) is 0.0992. The molecule has 1 aromatic rings. The number of likely N-dealkylation sites (N-methyl/N-ethyl adjacent to an activating group) is 1. The maximum Gasteiger partial charge on any atom is 0.283 e. The third kappa shape index (κ3) is 4.36. The van der Waals surface area contributed by atoms with Gasteiger partial charge in [0.1, 0.15) is 0 Å². The molecule has 0 fully saturated rings. The lowest BCUT2D eigenvalue weighted by Crippen LogP contribution is -2.35. The van der Waals surface area contributed by atoms with E-state index in [0.29, 0.717) is 17.6 Å². The Morgan fingerprint density at radius 1 is 1.50 bits per heavy atom. The minimum absolute atomic E-state index is 0.0594. The van der Waals surface area contributed by atoms with Gasteiger partial charge >= 0.3 is 0 Å². The molecule has 0 amide bonds. The first-order valence-electron chi connectivity index (χ1n) is 5.53. The zero-order valence-electron chi connectivity index (χ0n) is 10.7. The van der Waals surface area contributed by atoms with Gasteiger partial charge in [-0.15, -0.1) is 0 Å². The van der Waals surface area contributed by atoms with Crippen LogP contribution in [0.4, 0.5) is 5.69 Å². The molecule has 0 saturated carbocycles. The molecule has 5 nitrogen and oxygen atoms in total. The number of hydrogen-bond acceptors (Lipinski definition) is 4. The van der Waals surface area contributed by atoms with Crippen LogP contribution in [0.1, 0.15) is 19.4 Å². The minimum atomic E-state index is -0.790. The van der Waals surface area contributed by atoms with Crippen molar-refractivity contribution in [2.45, 2.75) is 26.0 Å². The molecule has 1 aromatic carbocycles. The molecule has 0 bridgehead atoms. The average Bonchev–Trinajstić information content (AvgIpc) is 2.17. The van der Waals surface area contributed by atoms with E-state index in [1.807, 2.05) is 18.0 Å². The van der Waals surface area contributed by atoms with E-state index in [9.17, 15) is 15.2 Å².